The molecule has 0 atom stereocenters. The molecule has 0 saturated carbocycles. The smallest absolute Gasteiger partial charge is 0.216 e. The van der Waals surface area contributed by atoms with E-state index in [2.05, 4.69) is 15.3 Å². The van der Waals surface area contributed by atoms with Crippen LogP contribution in [0.1, 0.15) is 18.3 Å². The highest BCUT2D eigenvalue weighted by molar-refractivity contribution is 7.71. The zero-order chi connectivity index (χ0) is 20.2. The van der Waals surface area contributed by atoms with Crippen molar-refractivity contribution < 1.29 is 4.74 Å². The minimum Gasteiger partial charge on any atom is -0.497 e. The Morgan fingerprint density at radius 3 is 2.59 bits per heavy atom. The topological polar surface area (TPSA) is 73.0 Å². The van der Waals surface area contributed by atoms with Crippen molar-refractivity contribution in [3.05, 3.63) is 77.0 Å². The van der Waals surface area contributed by atoms with Gasteiger partial charge in [0.15, 0.2) is 5.82 Å². The molecule has 146 valence electrons. The van der Waals surface area contributed by atoms with Crippen LogP contribution >= 0.6 is 12.2 Å². The molecule has 0 spiro atoms. The first-order valence-electron chi connectivity index (χ1n) is 9.19. The van der Waals surface area contributed by atoms with E-state index in [1.807, 2.05) is 72.4 Å². The first kappa shape index (κ1) is 18.8. The molecule has 7 nitrogen and oxygen atoms in total. The van der Waals surface area contributed by atoms with Gasteiger partial charge in [-0.05, 0) is 48.6 Å². The Bertz CT molecular complexity index is 1190. The number of H-pyrrole nitrogens is 1. The summed E-state index contributed by atoms with van der Waals surface area (Å²) >= 11 is 5.29. The standard InChI is InChI=1S/C21H20N6OS/c1-3-19-23-24-21(29)27(19)22-13-16-14-26(17-7-5-4-6-8-17)25-20(16)15-9-11-18(28-2)12-10-15/h4-14H,3H2,1-2H3,(H,24,29)/b22-13+. The highest BCUT2D eigenvalue weighted by Gasteiger charge is 2.12. The molecule has 1 N–H and O–H groups in total. The summed E-state index contributed by atoms with van der Waals surface area (Å²) in [6.45, 7) is 2.01. The van der Waals surface area contributed by atoms with E-state index in [0.29, 0.717) is 4.77 Å². The number of nitrogens with one attached hydrogen (secondary N) is 1. The Kier molecular flexibility index (Phi) is 5.35. The quantitative estimate of drug-likeness (QED) is 0.385. The Morgan fingerprint density at radius 1 is 1.14 bits per heavy atom. The van der Waals surface area contributed by atoms with Gasteiger partial charge in [0, 0.05) is 23.7 Å². The normalized spacial score (nSPS) is 11.2. The van der Waals surface area contributed by atoms with Crippen LogP contribution in [0, 0.1) is 4.77 Å². The number of para-hydroxylation sites is 1. The molecular formula is C21H20N6OS. The lowest BCUT2D eigenvalue weighted by atomic mass is 10.1. The van der Waals surface area contributed by atoms with Crippen LogP contribution in [-0.2, 0) is 6.42 Å². The first-order chi connectivity index (χ1) is 14.2. The second kappa shape index (κ2) is 8.24. The zero-order valence-corrected chi connectivity index (χ0v) is 16.9. The number of rotatable bonds is 6. The van der Waals surface area contributed by atoms with Crippen molar-refractivity contribution in [2.75, 3.05) is 7.11 Å². The van der Waals surface area contributed by atoms with Crippen LogP contribution in [0.2, 0.25) is 0 Å². The number of aromatic amines is 1. The second-order valence-corrected chi connectivity index (χ2v) is 6.68. The molecule has 4 aromatic rings. The summed E-state index contributed by atoms with van der Waals surface area (Å²) in [4.78, 5) is 0. The Morgan fingerprint density at radius 2 is 1.90 bits per heavy atom. The predicted molar refractivity (Wildman–Crippen MR) is 115 cm³/mol. The summed E-state index contributed by atoms with van der Waals surface area (Å²) in [5.74, 6) is 1.57. The number of hydrogen-bond acceptors (Lipinski definition) is 5. The van der Waals surface area contributed by atoms with Gasteiger partial charge >= 0.3 is 0 Å². The minimum atomic E-state index is 0.458. The number of methoxy groups -OCH3 is 1. The van der Waals surface area contributed by atoms with Crippen LogP contribution in [0.15, 0.2) is 65.9 Å². The maximum atomic E-state index is 5.29. The number of ether oxygens (including phenoxy) is 1. The minimum absolute atomic E-state index is 0.458. The molecule has 0 aliphatic rings. The van der Waals surface area contributed by atoms with E-state index in [0.717, 1.165) is 40.5 Å². The van der Waals surface area contributed by atoms with Crippen LogP contribution in [0.3, 0.4) is 0 Å². The molecule has 0 bridgehead atoms. The van der Waals surface area contributed by atoms with Gasteiger partial charge in [-0.15, -0.1) is 0 Å². The van der Waals surface area contributed by atoms with Crippen molar-refractivity contribution in [1.29, 1.82) is 0 Å². The largest absolute Gasteiger partial charge is 0.497 e. The average Bonchev–Trinajstić information content (AvgIpc) is 3.36. The molecule has 4 rings (SSSR count). The van der Waals surface area contributed by atoms with Crippen molar-refractivity contribution in [3.63, 3.8) is 0 Å². The molecule has 0 aliphatic heterocycles. The van der Waals surface area contributed by atoms with Gasteiger partial charge in [-0.1, -0.05) is 25.1 Å². The molecule has 8 heteroatoms. The van der Waals surface area contributed by atoms with Crippen LogP contribution < -0.4 is 4.74 Å². The monoisotopic (exact) mass is 404 g/mol. The molecule has 0 unspecified atom stereocenters. The molecule has 0 radical (unpaired) electrons. The van der Waals surface area contributed by atoms with E-state index < -0.39 is 0 Å². The van der Waals surface area contributed by atoms with Gasteiger partial charge in [0.25, 0.3) is 0 Å². The summed E-state index contributed by atoms with van der Waals surface area (Å²) in [7, 11) is 1.65. The van der Waals surface area contributed by atoms with E-state index in [1.54, 1.807) is 18.0 Å². The fourth-order valence-electron chi connectivity index (χ4n) is 2.96. The number of hydrogen-bond donors (Lipinski definition) is 1. The maximum absolute atomic E-state index is 5.29. The van der Waals surface area contributed by atoms with E-state index in [1.165, 1.54) is 0 Å². The van der Waals surface area contributed by atoms with Gasteiger partial charge in [0.05, 0.1) is 19.0 Å². The van der Waals surface area contributed by atoms with Gasteiger partial charge in [0.1, 0.15) is 11.4 Å². The molecule has 0 fully saturated rings. The number of nitrogens with zero attached hydrogens (tertiary/aromatic N) is 5. The molecule has 0 saturated heterocycles. The van der Waals surface area contributed by atoms with E-state index in [4.69, 9.17) is 22.1 Å². The van der Waals surface area contributed by atoms with Crippen molar-refractivity contribution in [1.82, 2.24) is 24.7 Å². The lowest BCUT2D eigenvalue weighted by Gasteiger charge is -2.02. The number of aryl methyl sites for hydroxylation is 1. The predicted octanol–water partition coefficient (Wildman–Crippen LogP) is 4.25. The average molecular weight is 404 g/mol. The lowest BCUT2D eigenvalue weighted by molar-refractivity contribution is 0.415. The second-order valence-electron chi connectivity index (χ2n) is 6.30. The van der Waals surface area contributed by atoms with Crippen molar-refractivity contribution in [2.45, 2.75) is 13.3 Å². The van der Waals surface area contributed by atoms with Crippen LogP contribution in [-0.4, -0.2) is 38.0 Å². The fraction of sp³-hybridized carbons (Fsp3) is 0.143. The molecule has 2 aromatic carbocycles. The van der Waals surface area contributed by atoms with Gasteiger partial charge in [-0.3, -0.25) is 5.10 Å². The SMILES string of the molecule is CCc1n[nH]c(=S)n1/N=C/c1cn(-c2ccccc2)nc1-c1ccc(OC)cc1. The fourth-order valence-corrected chi connectivity index (χ4v) is 3.16. The summed E-state index contributed by atoms with van der Waals surface area (Å²) in [5, 5.41) is 16.3. The van der Waals surface area contributed by atoms with Gasteiger partial charge in [-0.25, -0.2) is 4.68 Å². The lowest BCUT2D eigenvalue weighted by Crippen LogP contribution is -1.97. The molecule has 29 heavy (non-hydrogen) atoms. The maximum Gasteiger partial charge on any atom is 0.216 e. The van der Waals surface area contributed by atoms with Gasteiger partial charge in [0.2, 0.25) is 4.77 Å². The Balaban J connectivity index is 1.80. The third-order valence-corrected chi connectivity index (χ3v) is 4.74. The first-order valence-corrected chi connectivity index (χ1v) is 9.60. The highest BCUT2D eigenvalue weighted by atomic mass is 32.1. The van der Waals surface area contributed by atoms with Crippen molar-refractivity contribution in [3.8, 4) is 22.7 Å². The number of aromatic nitrogens is 5. The van der Waals surface area contributed by atoms with Crippen LogP contribution in [0.25, 0.3) is 16.9 Å². The summed E-state index contributed by atoms with van der Waals surface area (Å²) in [6, 6.07) is 17.8. The van der Waals surface area contributed by atoms with Gasteiger partial charge < -0.3 is 4.74 Å². The summed E-state index contributed by atoms with van der Waals surface area (Å²) < 4.78 is 9.20. The number of benzene rings is 2. The summed E-state index contributed by atoms with van der Waals surface area (Å²) in [5.41, 5.74) is 3.61. The Labute approximate surface area is 173 Å². The molecule has 0 amide bonds. The van der Waals surface area contributed by atoms with Crippen LogP contribution in [0.4, 0.5) is 0 Å². The zero-order valence-electron chi connectivity index (χ0n) is 16.1. The highest BCUT2D eigenvalue weighted by Crippen LogP contribution is 2.25. The van der Waals surface area contributed by atoms with E-state index >= 15 is 0 Å². The molecule has 2 heterocycles. The van der Waals surface area contributed by atoms with E-state index in [9.17, 15) is 0 Å². The van der Waals surface area contributed by atoms with Gasteiger partial charge in [-0.2, -0.15) is 20.0 Å². The van der Waals surface area contributed by atoms with E-state index in [-0.39, 0.29) is 0 Å². The summed E-state index contributed by atoms with van der Waals surface area (Å²) in [6.07, 6.45) is 4.43. The molecule has 2 aromatic heterocycles. The third-order valence-electron chi connectivity index (χ3n) is 4.47. The van der Waals surface area contributed by atoms with Crippen molar-refractivity contribution in [2.24, 2.45) is 5.10 Å². The molecule has 0 aliphatic carbocycles. The Hall–Kier alpha value is -3.52. The third kappa shape index (κ3) is 3.88. The van der Waals surface area contributed by atoms with Crippen molar-refractivity contribution >= 4 is 18.4 Å². The molecular weight excluding hydrogens is 384 g/mol. The van der Waals surface area contributed by atoms with Crippen LogP contribution in [0.5, 0.6) is 5.75 Å².